The summed E-state index contributed by atoms with van der Waals surface area (Å²) in [6.07, 6.45) is 2.46. The number of benzene rings is 2. The first-order chi connectivity index (χ1) is 10.1. The Bertz CT molecular complexity index is 681. The number of rotatable bonds is 5. The highest BCUT2D eigenvalue weighted by molar-refractivity contribution is 5.85. The molecular formula is C16H12F2O3. The second kappa shape index (κ2) is 6.65. The minimum absolute atomic E-state index is 0.0507. The van der Waals surface area contributed by atoms with Gasteiger partial charge in [0.1, 0.15) is 6.61 Å². The van der Waals surface area contributed by atoms with Crippen LogP contribution in [0.1, 0.15) is 11.1 Å². The first-order valence-corrected chi connectivity index (χ1v) is 6.13. The first kappa shape index (κ1) is 14.7. The molecule has 0 aliphatic heterocycles. The lowest BCUT2D eigenvalue weighted by atomic mass is 10.1. The predicted octanol–water partition coefficient (Wildman–Crippen LogP) is 3.64. The third-order valence-electron chi connectivity index (χ3n) is 2.68. The van der Waals surface area contributed by atoms with E-state index in [1.165, 1.54) is 18.2 Å². The molecular weight excluding hydrogens is 278 g/mol. The van der Waals surface area contributed by atoms with Crippen molar-refractivity contribution < 1.29 is 23.4 Å². The molecule has 0 amide bonds. The summed E-state index contributed by atoms with van der Waals surface area (Å²) in [5.41, 5.74) is 1.39. The summed E-state index contributed by atoms with van der Waals surface area (Å²) in [6.45, 7) is 0.0507. The van der Waals surface area contributed by atoms with Crippen molar-refractivity contribution in [1.82, 2.24) is 0 Å². The fourth-order valence-electron chi connectivity index (χ4n) is 1.71. The van der Waals surface area contributed by atoms with Gasteiger partial charge in [0.25, 0.3) is 0 Å². The summed E-state index contributed by atoms with van der Waals surface area (Å²) >= 11 is 0. The topological polar surface area (TPSA) is 46.5 Å². The Morgan fingerprint density at radius 2 is 1.95 bits per heavy atom. The zero-order valence-electron chi connectivity index (χ0n) is 10.9. The molecule has 0 spiro atoms. The fourth-order valence-corrected chi connectivity index (χ4v) is 1.71. The number of hydrogen-bond donors (Lipinski definition) is 1. The molecule has 0 radical (unpaired) electrons. The average molecular weight is 290 g/mol. The fraction of sp³-hybridized carbons (Fsp3) is 0.0625. The lowest BCUT2D eigenvalue weighted by molar-refractivity contribution is -0.131. The van der Waals surface area contributed by atoms with E-state index in [1.54, 1.807) is 24.3 Å². The van der Waals surface area contributed by atoms with Gasteiger partial charge in [0.15, 0.2) is 11.6 Å². The molecule has 0 fully saturated rings. The van der Waals surface area contributed by atoms with Gasteiger partial charge in [0.05, 0.1) is 0 Å². The Labute approximate surface area is 120 Å². The van der Waals surface area contributed by atoms with E-state index < -0.39 is 17.6 Å². The monoisotopic (exact) mass is 290 g/mol. The smallest absolute Gasteiger partial charge is 0.328 e. The maximum Gasteiger partial charge on any atom is 0.328 e. The Kier molecular flexibility index (Phi) is 4.66. The highest BCUT2D eigenvalue weighted by Gasteiger charge is 2.08. The normalized spacial score (nSPS) is 10.8. The molecule has 0 unspecified atom stereocenters. The van der Waals surface area contributed by atoms with E-state index in [0.717, 1.165) is 12.1 Å². The van der Waals surface area contributed by atoms with Crippen LogP contribution in [0.5, 0.6) is 5.75 Å². The minimum Gasteiger partial charge on any atom is -0.486 e. The van der Waals surface area contributed by atoms with E-state index in [2.05, 4.69) is 0 Å². The molecule has 0 saturated heterocycles. The maximum absolute atomic E-state index is 13.4. The molecule has 2 aromatic rings. The van der Waals surface area contributed by atoms with Crippen LogP contribution in [-0.4, -0.2) is 11.1 Å². The number of halogens is 2. The molecule has 2 aromatic carbocycles. The minimum atomic E-state index is -1.04. The third-order valence-corrected chi connectivity index (χ3v) is 2.68. The largest absolute Gasteiger partial charge is 0.486 e. The van der Waals surface area contributed by atoms with Gasteiger partial charge in [-0.1, -0.05) is 24.3 Å². The van der Waals surface area contributed by atoms with E-state index in [9.17, 15) is 13.6 Å². The van der Waals surface area contributed by atoms with Crippen molar-refractivity contribution in [2.24, 2.45) is 0 Å². The number of carboxylic acid groups (broad SMARTS) is 1. The second-order valence-electron chi connectivity index (χ2n) is 4.26. The van der Waals surface area contributed by atoms with E-state index in [-0.39, 0.29) is 12.4 Å². The SMILES string of the molecule is O=C(O)C=Cc1cccc(COc2cccc(F)c2F)c1. The van der Waals surface area contributed by atoms with Gasteiger partial charge in [0, 0.05) is 6.08 Å². The van der Waals surface area contributed by atoms with E-state index in [4.69, 9.17) is 9.84 Å². The molecule has 0 bridgehead atoms. The standard InChI is InChI=1S/C16H12F2O3/c17-13-5-2-6-14(16(13)18)21-10-12-4-1-3-11(9-12)7-8-15(19)20/h1-9H,10H2,(H,19,20). The summed E-state index contributed by atoms with van der Waals surface area (Å²) in [6, 6.07) is 10.6. The molecule has 2 rings (SSSR count). The first-order valence-electron chi connectivity index (χ1n) is 6.13. The summed E-state index contributed by atoms with van der Waals surface area (Å²) in [5, 5.41) is 8.56. The van der Waals surface area contributed by atoms with Gasteiger partial charge in [0.2, 0.25) is 5.82 Å². The highest BCUT2D eigenvalue weighted by atomic mass is 19.2. The van der Waals surface area contributed by atoms with Crippen LogP contribution < -0.4 is 4.74 Å². The number of hydrogen-bond acceptors (Lipinski definition) is 2. The number of aliphatic carboxylic acids is 1. The van der Waals surface area contributed by atoms with Crippen LogP contribution in [0.25, 0.3) is 6.08 Å². The van der Waals surface area contributed by atoms with Crippen molar-refractivity contribution >= 4 is 12.0 Å². The Balaban J connectivity index is 2.08. The predicted molar refractivity (Wildman–Crippen MR) is 73.8 cm³/mol. The van der Waals surface area contributed by atoms with Crippen LogP contribution in [-0.2, 0) is 11.4 Å². The Morgan fingerprint density at radius 1 is 1.19 bits per heavy atom. The summed E-state index contributed by atoms with van der Waals surface area (Å²) < 4.78 is 31.7. The summed E-state index contributed by atoms with van der Waals surface area (Å²) in [7, 11) is 0. The summed E-state index contributed by atoms with van der Waals surface area (Å²) in [5.74, 6) is -3.20. The Hall–Kier alpha value is -2.69. The number of carboxylic acids is 1. The molecule has 1 N–H and O–H groups in total. The molecule has 0 saturated carbocycles. The molecule has 0 heterocycles. The van der Waals surface area contributed by atoms with Gasteiger partial charge in [-0.3, -0.25) is 0 Å². The van der Waals surface area contributed by atoms with Gasteiger partial charge in [-0.05, 0) is 35.4 Å². The number of carbonyl (C=O) groups is 1. The van der Waals surface area contributed by atoms with E-state index >= 15 is 0 Å². The van der Waals surface area contributed by atoms with Crippen LogP contribution in [0.3, 0.4) is 0 Å². The van der Waals surface area contributed by atoms with Crippen molar-refractivity contribution in [2.45, 2.75) is 6.61 Å². The van der Waals surface area contributed by atoms with Crippen LogP contribution in [0.15, 0.2) is 48.5 Å². The van der Waals surface area contributed by atoms with Gasteiger partial charge >= 0.3 is 5.97 Å². The van der Waals surface area contributed by atoms with Crippen molar-refractivity contribution in [1.29, 1.82) is 0 Å². The lowest BCUT2D eigenvalue weighted by Gasteiger charge is -2.08. The van der Waals surface area contributed by atoms with Gasteiger partial charge in [-0.15, -0.1) is 0 Å². The van der Waals surface area contributed by atoms with Crippen LogP contribution in [0, 0.1) is 11.6 Å². The molecule has 108 valence electrons. The Morgan fingerprint density at radius 3 is 2.71 bits per heavy atom. The van der Waals surface area contributed by atoms with Gasteiger partial charge < -0.3 is 9.84 Å². The molecule has 0 aliphatic rings. The van der Waals surface area contributed by atoms with Crippen molar-refractivity contribution in [2.75, 3.05) is 0 Å². The molecule has 0 aromatic heterocycles. The van der Waals surface area contributed by atoms with Gasteiger partial charge in [-0.25, -0.2) is 9.18 Å². The zero-order valence-corrected chi connectivity index (χ0v) is 10.9. The maximum atomic E-state index is 13.4. The lowest BCUT2D eigenvalue weighted by Crippen LogP contribution is -1.99. The number of ether oxygens (including phenoxy) is 1. The average Bonchev–Trinajstić information content (AvgIpc) is 2.47. The molecule has 0 atom stereocenters. The van der Waals surface area contributed by atoms with E-state index in [1.807, 2.05) is 0 Å². The van der Waals surface area contributed by atoms with Crippen molar-refractivity contribution in [3.05, 3.63) is 71.3 Å². The zero-order chi connectivity index (χ0) is 15.2. The summed E-state index contributed by atoms with van der Waals surface area (Å²) in [4.78, 5) is 10.4. The van der Waals surface area contributed by atoms with E-state index in [0.29, 0.717) is 11.1 Å². The van der Waals surface area contributed by atoms with Gasteiger partial charge in [-0.2, -0.15) is 4.39 Å². The molecule has 0 aliphatic carbocycles. The highest BCUT2D eigenvalue weighted by Crippen LogP contribution is 2.20. The quantitative estimate of drug-likeness (QED) is 0.855. The van der Waals surface area contributed by atoms with Crippen molar-refractivity contribution in [3.63, 3.8) is 0 Å². The third kappa shape index (κ3) is 4.14. The second-order valence-corrected chi connectivity index (χ2v) is 4.26. The molecule has 21 heavy (non-hydrogen) atoms. The van der Waals surface area contributed by atoms with Crippen LogP contribution >= 0.6 is 0 Å². The molecule has 5 heteroatoms. The van der Waals surface area contributed by atoms with Crippen LogP contribution in [0.2, 0.25) is 0 Å². The molecule has 3 nitrogen and oxygen atoms in total. The van der Waals surface area contributed by atoms with Crippen LogP contribution in [0.4, 0.5) is 8.78 Å². The van der Waals surface area contributed by atoms with Crippen molar-refractivity contribution in [3.8, 4) is 5.75 Å².